The van der Waals surface area contributed by atoms with Gasteiger partial charge in [0.2, 0.25) is 5.78 Å². The number of carbonyl (C=O) groups excluding carboxylic acids is 1. The van der Waals surface area contributed by atoms with Gasteiger partial charge >= 0.3 is 0 Å². The quantitative estimate of drug-likeness (QED) is 0.511. The second-order valence-electron chi connectivity index (χ2n) is 4.65. The molecule has 0 saturated carbocycles. The number of hydrogen-bond donors (Lipinski definition) is 0. The average molecular weight is 412 g/mol. The summed E-state index contributed by atoms with van der Waals surface area (Å²) in [7, 11) is 0. The standard InChI is InChI=1S/C16H9Br2FO2/c1-8-11-6-10(18)3-5-14(11)21-16(8)15(20)12-7-9(17)2-4-13(12)19/h2-7H,1H3. The van der Waals surface area contributed by atoms with Gasteiger partial charge in [-0.15, -0.1) is 0 Å². The van der Waals surface area contributed by atoms with Gasteiger partial charge < -0.3 is 4.42 Å². The molecule has 1 heterocycles. The van der Waals surface area contributed by atoms with Crippen LogP contribution in [0.5, 0.6) is 0 Å². The number of ketones is 1. The third-order valence-corrected chi connectivity index (χ3v) is 4.26. The lowest BCUT2D eigenvalue weighted by Crippen LogP contribution is -2.04. The molecule has 0 N–H and O–H groups in total. The Bertz CT molecular complexity index is 868. The molecule has 106 valence electrons. The third kappa shape index (κ3) is 2.56. The molecule has 0 aliphatic heterocycles. The van der Waals surface area contributed by atoms with Crippen LogP contribution in [0.2, 0.25) is 0 Å². The minimum Gasteiger partial charge on any atom is -0.452 e. The van der Waals surface area contributed by atoms with Gasteiger partial charge in [0.1, 0.15) is 11.4 Å². The molecule has 0 bridgehead atoms. The first-order valence-corrected chi connectivity index (χ1v) is 7.74. The molecule has 21 heavy (non-hydrogen) atoms. The highest BCUT2D eigenvalue weighted by atomic mass is 79.9. The zero-order chi connectivity index (χ0) is 15.1. The predicted molar refractivity (Wildman–Crippen MR) is 86.2 cm³/mol. The first-order chi connectivity index (χ1) is 9.97. The van der Waals surface area contributed by atoms with Crippen LogP contribution in [0.25, 0.3) is 11.0 Å². The maximum atomic E-state index is 13.9. The van der Waals surface area contributed by atoms with E-state index in [0.29, 0.717) is 15.6 Å². The SMILES string of the molecule is Cc1c(C(=O)c2cc(Br)ccc2F)oc2ccc(Br)cc12. The van der Waals surface area contributed by atoms with Crippen molar-refractivity contribution in [3.63, 3.8) is 0 Å². The van der Waals surface area contributed by atoms with Crippen molar-refractivity contribution in [2.45, 2.75) is 6.92 Å². The number of fused-ring (bicyclic) bond motifs is 1. The fourth-order valence-corrected chi connectivity index (χ4v) is 2.93. The largest absolute Gasteiger partial charge is 0.452 e. The Balaban J connectivity index is 2.18. The van der Waals surface area contributed by atoms with E-state index in [9.17, 15) is 9.18 Å². The topological polar surface area (TPSA) is 30.2 Å². The second-order valence-corrected chi connectivity index (χ2v) is 6.48. The Morgan fingerprint density at radius 3 is 2.52 bits per heavy atom. The van der Waals surface area contributed by atoms with Crippen LogP contribution in [0, 0.1) is 12.7 Å². The number of carbonyl (C=O) groups is 1. The zero-order valence-electron chi connectivity index (χ0n) is 10.9. The zero-order valence-corrected chi connectivity index (χ0v) is 14.1. The minimum absolute atomic E-state index is 0.00871. The van der Waals surface area contributed by atoms with Crippen LogP contribution in [0.3, 0.4) is 0 Å². The number of benzene rings is 2. The predicted octanol–water partition coefficient (Wildman–Crippen LogP) is 5.64. The Morgan fingerprint density at radius 1 is 1.10 bits per heavy atom. The van der Waals surface area contributed by atoms with E-state index in [0.717, 1.165) is 9.86 Å². The van der Waals surface area contributed by atoms with E-state index in [4.69, 9.17) is 4.42 Å². The van der Waals surface area contributed by atoms with Gasteiger partial charge in [0, 0.05) is 19.9 Å². The third-order valence-electron chi connectivity index (χ3n) is 3.28. The Labute approximate surface area is 137 Å². The van der Waals surface area contributed by atoms with Crippen molar-refractivity contribution in [1.82, 2.24) is 0 Å². The van der Waals surface area contributed by atoms with E-state index in [1.54, 1.807) is 19.1 Å². The first kappa shape index (κ1) is 14.5. The van der Waals surface area contributed by atoms with Crippen LogP contribution < -0.4 is 0 Å². The van der Waals surface area contributed by atoms with E-state index in [1.807, 2.05) is 12.1 Å². The highest BCUT2D eigenvalue weighted by Crippen LogP contribution is 2.30. The first-order valence-electron chi connectivity index (χ1n) is 6.16. The summed E-state index contributed by atoms with van der Waals surface area (Å²) in [5, 5.41) is 0.836. The molecule has 3 aromatic rings. The van der Waals surface area contributed by atoms with E-state index in [-0.39, 0.29) is 11.3 Å². The lowest BCUT2D eigenvalue weighted by atomic mass is 10.0. The highest BCUT2D eigenvalue weighted by molar-refractivity contribution is 9.10. The smallest absolute Gasteiger partial charge is 0.231 e. The molecular weight excluding hydrogens is 403 g/mol. The van der Waals surface area contributed by atoms with Crippen molar-refractivity contribution < 1.29 is 13.6 Å². The van der Waals surface area contributed by atoms with Gasteiger partial charge in [-0.1, -0.05) is 31.9 Å². The van der Waals surface area contributed by atoms with E-state index < -0.39 is 11.6 Å². The molecule has 5 heteroatoms. The summed E-state index contributed by atoms with van der Waals surface area (Å²) >= 11 is 6.63. The van der Waals surface area contributed by atoms with Crippen LogP contribution >= 0.6 is 31.9 Å². The molecule has 2 nitrogen and oxygen atoms in total. The molecule has 0 atom stereocenters. The van der Waals surface area contributed by atoms with Crippen molar-refractivity contribution in [2.24, 2.45) is 0 Å². The minimum atomic E-state index is -0.566. The van der Waals surface area contributed by atoms with Crippen LogP contribution in [-0.2, 0) is 0 Å². The number of furan rings is 1. The summed E-state index contributed by atoms with van der Waals surface area (Å²) in [4.78, 5) is 12.5. The maximum Gasteiger partial charge on any atom is 0.231 e. The lowest BCUT2D eigenvalue weighted by molar-refractivity contribution is 0.101. The van der Waals surface area contributed by atoms with Crippen molar-refractivity contribution in [2.75, 3.05) is 0 Å². The lowest BCUT2D eigenvalue weighted by Gasteiger charge is -2.02. The summed E-state index contributed by atoms with van der Waals surface area (Å²) in [6.45, 7) is 1.79. The number of hydrogen-bond acceptors (Lipinski definition) is 2. The Hall–Kier alpha value is -1.46. The van der Waals surface area contributed by atoms with Crippen molar-refractivity contribution >= 4 is 48.6 Å². The molecule has 1 aromatic heterocycles. The summed E-state index contributed by atoms with van der Waals surface area (Å²) < 4.78 is 21.0. The van der Waals surface area contributed by atoms with E-state index in [2.05, 4.69) is 31.9 Å². The van der Waals surface area contributed by atoms with Crippen LogP contribution in [0.1, 0.15) is 21.7 Å². The van der Waals surface area contributed by atoms with E-state index >= 15 is 0 Å². The molecule has 0 fully saturated rings. The van der Waals surface area contributed by atoms with Gasteiger partial charge in [-0.05, 0) is 43.3 Å². The molecule has 3 rings (SSSR count). The molecule has 0 aliphatic carbocycles. The number of aryl methyl sites for hydroxylation is 1. The van der Waals surface area contributed by atoms with Gasteiger partial charge in [-0.25, -0.2) is 4.39 Å². The van der Waals surface area contributed by atoms with Crippen molar-refractivity contribution in [3.05, 3.63) is 68.0 Å². The number of rotatable bonds is 2. The summed E-state index contributed by atoms with van der Waals surface area (Å²) in [5.74, 6) is -0.858. The van der Waals surface area contributed by atoms with Gasteiger partial charge in [0.15, 0.2) is 5.76 Å². The fourth-order valence-electron chi connectivity index (χ4n) is 2.20. The molecule has 0 amide bonds. The monoisotopic (exact) mass is 410 g/mol. The summed E-state index contributed by atoms with van der Waals surface area (Å²) in [6.07, 6.45) is 0. The Kier molecular flexibility index (Phi) is 3.71. The second kappa shape index (κ2) is 5.39. The van der Waals surface area contributed by atoms with Gasteiger partial charge in [-0.2, -0.15) is 0 Å². The summed E-state index contributed by atoms with van der Waals surface area (Å²) in [6, 6.07) is 9.75. The number of halogens is 3. The fraction of sp³-hybridized carbons (Fsp3) is 0.0625. The van der Waals surface area contributed by atoms with Crippen molar-refractivity contribution in [1.29, 1.82) is 0 Å². The molecule has 0 saturated heterocycles. The van der Waals surface area contributed by atoms with Crippen LogP contribution in [0.15, 0.2) is 49.8 Å². The maximum absolute atomic E-state index is 13.9. The normalized spacial score (nSPS) is 11.0. The molecule has 0 aliphatic rings. The summed E-state index contributed by atoms with van der Waals surface area (Å²) in [5.41, 5.74) is 1.30. The van der Waals surface area contributed by atoms with Crippen LogP contribution in [-0.4, -0.2) is 5.78 Å². The Morgan fingerprint density at radius 2 is 1.76 bits per heavy atom. The average Bonchev–Trinajstić information content (AvgIpc) is 2.78. The van der Waals surface area contributed by atoms with E-state index in [1.165, 1.54) is 12.1 Å². The van der Waals surface area contributed by atoms with Gasteiger partial charge in [0.25, 0.3) is 0 Å². The molecule has 0 unspecified atom stereocenters. The van der Waals surface area contributed by atoms with Crippen LogP contribution in [0.4, 0.5) is 4.39 Å². The molecule has 0 spiro atoms. The molecule has 2 aromatic carbocycles. The van der Waals surface area contributed by atoms with Gasteiger partial charge in [0.05, 0.1) is 5.56 Å². The molecule has 0 radical (unpaired) electrons. The highest BCUT2D eigenvalue weighted by Gasteiger charge is 2.22. The van der Waals surface area contributed by atoms with Gasteiger partial charge in [-0.3, -0.25) is 4.79 Å². The molecular formula is C16H9Br2FO2. The van der Waals surface area contributed by atoms with Crippen molar-refractivity contribution in [3.8, 4) is 0 Å².